The fourth-order valence-corrected chi connectivity index (χ4v) is 3.78. The lowest BCUT2D eigenvalue weighted by Gasteiger charge is -2.32. The molecular weight excluding hydrogens is 455 g/mol. The Morgan fingerprint density at radius 1 is 1.31 bits per heavy atom. The molecule has 2 rings (SSSR count). The summed E-state index contributed by atoms with van der Waals surface area (Å²) in [7, 11) is 4.24. The lowest BCUT2D eigenvalue weighted by molar-refractivity contribution is 0.204. The number of rotatable bonds is 7. The number of nitrogens with one attached hydrogen (secondary N) is 1. The number of thioether (sulfide) groups is 1. The van der Waals surface area contributed by atoms with E-state index in [4.69, 9.17) is 4.99 Å². The highest BCUT2D eigenvalue weighted by Crippen LogP contribution is 2.26. The Balaban J connectivity index is 0.00000338. The fourth-order valence-electron chi connectivity index (χ4n) is 2.73. The van der Waals surface area contributed by atoms with Crippen LogP contribution in [0.4, 0.5) is 0 Å². The number of halogens is 1. The number of likely N-dealkylation sites (tertiary alicyclic amines) is 1. The number of guanidine groups is 1. The van der Waals surface area contributed by atoms with Gasteiger partial charge in [-0.3, -0.25) is 4.99 Å². The molecule has 0 bridgehead atoms. The Bertz CT molecular complexity index is 548. The molecule has 1 aliphatic rings. The van der Waals surface area contributed by atoms with Crippen LogP contribution in [0.25, 0.3) is 0 Å². The Labute approximate surface area is 181 Å². The average Bonchev–Trinajstić information content (AvgIpc) is 3.06. The van der Waals surface area contributed by atoms with E-state index in [0.717, 1.165) is 38.1 Å². The van der Waals surface area contributed by atoms with Crippen LogP contribution in [-0.4, -0.2) is 67.3 Å². The van der Waals surface area contributed by atoms with E-state index in [-0.39, 0.29) is 29.5 Å². The first-order valence-corrected chi connectivity index (χ1v) is 10.3. The third-order valence-electron chi connectivity index (χ3n) is 4.98. The van der Waals surface area contributed by atoms with Crippen molar-refractivity contribution < 1.29 is 0 Å². The molecule has 0 aromatic heterocycles. The highest BCUT2D eigenvalue weighted by molar-refractivity contribution is 14.0. The van der Waals surface area contributed by atoms with Crippen LogP contribution < -0.4 is 5.32 Å². The van der Waals surface area contributed by atoms with Crippen molar-refractivity contribution >= 4 is 41.7 Å². The zero-order valence-electron chi connectivity index (χ0n) is 16.9. The molecule has 1 fully saturated rings. The van der Waals surface area contributed by atoms with Crippen LogP contribution in [0.5, 0.6) is 0 Å². The van der Waals surface area contributed by atoms with Crippen LogP contribution in [0, 0.1) is 5.92 Å². The van der Waals surface area contributed by atoms with Crippen molar-refractivity contribution in [2.75, 3.05) is 46.0 Å². The van der Waals surface area contributed by atoms with Crippen molar-refractivity contribution in [2.45, 2.75) is 37.6 Å². The predicted octanol–water partition coefficient (Wildman–Crippen LogP) is 4.02. The van der Waals surface area contributed by atoms with Gasteiger partial charge in [0.1, 0.15) is 0 Å². The monoisotopic (exact) mass is 490 g/mol. The van der Waals surface area contributed by atoms with Crippen LogP contribution in [0.15, 0.2) is 40.2 Å². The van der Waals surface area contributed by atoms with Crippen molar-refractivity contribution in [1.82, 2.24) is 15.1 Å². The largest absolute Gasteiger partial charge is 0.357 e. The van der Waals surface area contributed by atoms with Crippen molar-refractivity contribution in [3.8, 4) is 0 Å². The van der Waals surface area contributed by atoms with E-state index in [0.29, 0.717) is 0 Å². The molecule has 1 N–H and O–H groups in total. The molecule has 1 saturated heterocycles. The minimum atomic E-state index is 0. The number of benzene rings is 1. The van der Waals surface area contributed by atoms with Gasteiger partial charge in [-0.2, -0.15) is 0 Å². The molecule has 4 nitrogen and oxygen atoms in total. The highest BCUT2D eigenvalue weighted by atomic mass is 127. The van der Waals surface area contributed by atoms with E-state index in [9.17, 15) is 0 Å². The van der Waals surface area contributed by atoms with E-state index in [1.807, 2.05) is 11.8 Å². The molecule has 0 spiro atoms. The highest BCUT2D eigenvalue weighted by Gasteiger charge is 2.26. The van der Waals surface area contributed by atoms with Gasteiger partial charge in [0.05, 0.1) is 6.54 Å². The molecule has 0 aliphatic carbocycles. The van der Waals surface area contributed by atoms with E-state index in [1.54, 1.807) is 0 Å². The maximum absolute atomic E-state index is 4.92. The van der Waals surface area contributed by atoms with Crippen LogP contribution >= 0.6 is 35.7 Å². The summed E-state index contributed by atoms with van der Waals surface area (Å²) in [6, 6.07) is 10.7. The predicted molar refractivity (Wildman–Crippen MR) is 126 cm³/mol. The first kappa shape index (κ1) is 23.6. The summed E-state index contributed by atoms with van der Waals surface area (Å²) < 4.78 is 0. The molecule has 1 aromatic carbocycles. The standard InChI is InChI=1S/C20H34N4S.HI/c1-6-21-19(22-16-20(2,3)23(4)5)24-13-12-17(14-24)15-25-18-10-8-7-9-11-18;/h7-11,17H,6,12-16H2,1-5H3,(H,21,22);1H. The van der Waals surface area contributed by atoms with Crippen LogP contribution in [-0.2, 0) is 0 Å². The van der Waals surface area contributed by atoms with E-state index < -0.39 is 0 Å². The third-order valence-corrected chi connectivity index (χ3v) is 6.22. The van der Waals surface area contributed by atoms with E-state index >= 15 is 0 Å². The second-order valence-corrected chi connectivity index (χ2v) is 8.70. The van der Waals surface area contributed by atoms with Gasteiger partial charge in [0.2, 0.25) is 0 Å². The molecule has 148 valence electrons. The van der Waals surface area contributed by atoms with Gasteiger partial charge in [0.15, 0.2) is 5.96 Å². The summed E-state index contributed by atoms with van der Waals surface area (Å²) in [5.74, 6) is 2.99. The maximum atomic E-state index is 4.92. The topological polar surface area (TPSA) is 30.9 Å². The third kappa shape index (κ3) is 7.27. The molecule has 0 amide bonds. The van der Waals surface area contributed by atoms with Gasteiger partial charge in [-0.05, 0) is 59.3 Å². The van der Waals surface area contributed by atoms with Gasteiger partial charge in [0, 0.05) is 35.8 Å². The minimum absolute atomic E-state index is 0. The number of likely N-dealkylation sites (N-methyl/N-ethyl adjacent to an activating group) is 1. The van der Waals surface area contributed by atoms with Crippen molar-refractivity contribution in [3.05, 3.63) is 30.3 Å². The van der Waals surface area contributed by atoms with Crippen molar-refractivity contribution in [2.24, 2.45) is 10.9 Å². The lowest BCUT2D eigenvalue weighted by atomic mass is 10.1. The molecule has 1 atom stereocenters. The fraction of sp³-hybridized carbons (Fsp3) is 0.650. The molecule has 1 aromatic rings. The van der Waals surface area contributed by atoms with Gasteiger partial charge in [-0.15, -0.1) is 35.7 Å². The van der Waals surface area contributed by atoms with Crippen LogP contribution in [0.3, 0.4) is 0 Å². The summed E-state index contributed by atoms with van der Waals surface area (Å²) in [6.45, 7) is 10.6. The SMILES string of the molecule is CCNC(=NCC(C)(C)N(C)C)N1CCC(CSc2ccccc2)C1.I. The summed E-state index contributed by atoms with van der Waals surface area (Å²) in [4.78, 5) is 11.0. The Hall–Kier alpha value is -0.470. The molecule has 0 saturated carbocycles. The molecule has 1 unspecified atom stereocenters. The number of hydrogen-bond donors (Lipinski definition) is 1. The smallest absolute Gasteiger partial charge is 0.193 e. The second kappa shape index (κ2) is 11.4. The van der Waals surface area contributed by atoms with Crippen molar-refractivity contribution in [3.63, 3.8) is 0 Å². The van der Waals surface area contributed by atoms with Crippen molar-refractivity contribution in [1.29, 1.82) is 0 Å². The maximum Gasteiger partial charge on any atom is 0.193 e. The molecule has 1 aliphatic heterocycles. The number of aliphatic imine (C=N–C) groups is 1. The van der Waals surface area contributed by atoms with Gasteiger partial charge in [-0.25, -0.2) is 0 Å². The average molecular weight is 490 g/mol. The molecule has 1 heterocycles. The summed E-state index contributed by atoms with van der Waals surface area (Å²) in [6.07, 6.45) is 1.25. The Kier molecular flexibility index (Phi) is 10.3. The number of hydrogen-bond acceptors (Lipinski definition) is 3. The first-order chi connectivity index (χ1) is 11.9. The normalized spacial score (nSPS) is 18.2. The van der Waals surface area contributed by atoms with Gasteiger partial charge in [0.25, 0.3) is 0 Å². The van der Waals surface area contributed by atoms with E-state index in [1.165, 1.54) is 17.1 Å². The van der Waals surface area contributed by atoms with Gasteiger partial charge < -0.3 is 15.1 Å². The minimum Gasteiger partial charge on any atom is -0.357 e. The second-order valence-electron chi connectivity index (χ2n) is 7.60. The van der Waals surface area contributed by atoms with Crippen LogP contribution in [0.1, 0.15) is 27.2 Å². The zero-order valence-corrected chi connectivity index (χ0v) is 20.0. The van der Waals surface area contributed by atoms with E-state index in [2.05, 4.69) is 80.3 Å². The summed E-state index contributed by atoms with van der Waals surface area (Å²) >= 11 is 1.97. The molecule has 6 heteroatoms. The first-order valence-electron chi connectivity index (χ1n) is 9.31. The molecule has 0 radical (unpaired) electrons. The number of nitrogens with zero attached hydrogens (tertiary/aromatic N) is 3. The summed E-state index contributed by atoms with van der Waals surface area (Å²) in [5.41, 5.74) is 0.0724. The molecular formula is C20H35IN4S. The Morgan fingerprint density at radius 3 is 2.62 bits per heavy atom. The zero-order chi connectivity index (χ0) is 18.3. The van der Waals surface area contributed by atoms with Gasteiger partial charge in [-0.1, -0.05) is 18.2 Å². The quantitative estimate of drug-likeness (QED) is 0.271. The molecule has 26 heavy (non-hydrogen) atoms. The Morgan fingerprint density at radius 2 is 2.00 bits per heavy atom. The van der Waals surface area contributed by atoms with Crippen LogP contribution in [0.2, 0.25) is 0 Å². The van der Waals surface area contributed by atoms with Gasteiger partial charge >= 0.3 is 0 Å². The summed E-state index contributed by atoms with van der Waals surface area (Å²) in [5, 5.41) is 3.48. The lowest BCUT2D eigenvalue weighted by Crippen LogP contribution is -2.44.